The summed E-state index contributed by atoms with van der Waals surface area (Å²) in [5.74, 6) is -0.194. The Balaban J connectivity index is 2.10. The van der Waals surface area contributed by atoms with Crippen LogP contribution in [0, 0.1) is 5.82 Å². The van der Waals surface area contributed by atoms with E-state index in [0.29, 0.717) is 18.7 Å². The number of nitrogens with two attached hydrogens (primary N) is 1. The number of benzene rings is 1. The minimum absolute atomic E-state index is 0.124. The summed E-state index contributed by atoms with van der Waals surface area (Å²) in [6.45, 7) is 0.446. The third-order valence-electron chi connectivity index (χ3n) is 2.40. The molecule has 0 unspecified atom stereocenters. The molecule has 0 spiro atoms. The van der Waals surface area contributed by atoms with Crippen LogP contribution in [0.5, 0.6) is 0 Å². The molecule has 0 aliphatic carbocycles. The molecule has 18 heavy (non-hydrogen) atoms. The van der Waals surface area contributed by atoms with Gasteiger partial charge in [0.15, 0.2) is 5.76 Å². The van der Waals surface area contributed by atoms with Crippen molar-refractivity contribution in [3.05, 3.63) is 53.7 Å². The van der Waals surface area contributed by atoms with Gasteiger partial charge in [-0.05, 0) is 30.8 Å². The fourth-order valence-electron chi connectivity index (χ4n) is 1.52. The molecular weight excluding hydrogens is 235 g/mol. The van der Waals surface area contributed by atoms with Gasteiger partial charge in [0.25, 0.3) is 5.91 Å². The van der Waals surface area contributed by atoms with Crippen LogP contribution in [0.15, 0.2) is 40.8 Å². The molecule has 4 nitrogen and oxygen atoms in total. The van der Waals surface area contributed by atoms with Crippen molar-refractivity contribution in [2.24, 2.45) is 5.73 Å². The van der Waals surface area contributed by atoms with Crippen LogP contribution in [0.3, 0.4) is 0 Å². The standard InChI is InChI=1S/C13H13FN2O2/c14-10-3-1-2-4-11(10)16-13(17)12-6-5-9(18-12)7-8-15/h1-6H,7-8,15H2,(H,16,17). The Bertz CT molecular complexity index is 551. The first-order chi connectivity index (χ1) is 8.70. The van der Waals surface area contributed by atoms with Crippen molar-refractivity contribution in [2.45, 2.75) is 6.42 Å². The first kappa shape index (κ1) is 12.3. The second-order valence-corrected chi connectivity index (χ2v) is 3.74. The van der Waals surface area contributed by atoms with Crippen molar-refractivity contribution in [3.8, 4) is 0 Å². The summed E-state index contributed by atoms with van der Waals surface area (Å²) in [7, 11) is 0. The molecule has 1 amide bonds. The first-order valence-electron chi connectivity index (χ1n) is 5.55. The third-order valence-corrected chi connectivity index (χ3v) is 2.40. The van der Waals surface area contributed by atoms with Gasteiger partial charge in [-0.15, -0.1) is 0 Å². The number of hydrogen-bond acceptors (Lipinski definition) is 3. The summed E-state index contributed by atoms with van der Waals surface area (Å²) in [4.78, 5) is 11.8. The van der Waals surface area contributed by atoms with Crippen LogP contribution in [0.1, 0.15) is 16.3 Å². The van der Waals surface area contributed by atoms with E-state index in [-0.39, 0.29) is 11.4 Å². The van der Waals surface area contributed by atoms with Crippen LogP contribution in [0.2, 0.25) is 0 Å². The van der Waals surface area contributed by atoms with Crippen molar-refractivity contribution >= 4 is 11.6 Å². The maximum absolute atomic E-state index is 13.3. The molecule has 3 N–H and O–H groups in total. The number of para-hydroxylation sites is 1. The van der Waals surface area contributed by atoms with E-state index in [1.165, 1.54) is 12.1 Å². The topological polar surface area (TPSA) is 68.3 Å². The Morgan fingerprint density at radius 3 is 2.78 bits per heavy atom. The Hall–Kier alpha value is -2.14. The first-order valence-corrected chi connectivity index (χ1v) is 5.55. The number of hydrogen-bond donors (Lipinski definition) is 2. The zero-order valence-electron chi connectivity index (χ0n) is 9.65. The van der Waals surface area contributed by atoms with Crippen LogP contribution in [-0.4, -0.2) is 12.5 Å². The van der Waals surface area contributed by atoms with Crippen LogP contribution < -0.4 is 11.1 Å². The lowest BCUT2D eigenvalue weighted by Crippen LogP contribution is -2.12. The monoisotopic (exact) mass is 248 g/mol. The van der Waals surface area contributed by atoms with E-state index < -0.39 is 11.7 Å². The molecule has 0 radical (unpaired) electrons. The van der Waals surface area contributed by atoms with Crippen LogP contribution in [0.25, 0.3) is 0 Å². The lowest BCUT2D eigenvalue weighted by Gasteiger charge is -2.03. The number of carbonyl (C=O) groups is 1. The van der Waals surface area contributed by atoms with Crippen LogP contribution in [-0.2, 0) is 6.42 Å². The Morgan fingerprint density at radius 2 is 2.06 bits per heavy atom. The van der Waals surface area contributed by atoms with E-state index in [1.54, 1.807) is 24.3 Å². The molecule has 94 valence electrons. The van der Waals surface area contributed by atoms with E-state index in [1.807, 2.05) is 0 Å². The van der Waals surface area contributed by atoms with E-state index in [2.05, 4.69) is 5.32 Å². The van der Waals surface area contributed by atoms with E-state index >= 15 is 0 Å². The molecule has 0 fully saturated rings. The second-order valence-electron chi connectivity index (χ2n) is 3.74. The van der Waals surface area contributed by atoms with Crippen molar-refractivity contribution < 1.29 is 13.6 Å². The summed E-state index contributed by atoms with van der Waals surface area (Å²) >= 11 is 0. The maximum atomic E-state index is 13.3. The predicted octanol–water partition coefficient (Wildman–Crippen LogP) is 2.17. The molecule has 0 bridgehead atoms. The Morgan fingerprint density at radius 1 is 1.28 bits per heavy atom. The summed E-state index contributed by atoms with van der Waals surface area (Å²) in [5.41, 5.74) is 5.50. The molecule has 5 heteroatoms. The highest BCUT2D eigenvalue weighted by Gasteiger charge is 2.12. The lowest BCUT2D eigenvalue weighted by atomic mass is 10.3. The van der Waals surface area contributed by atoms with Crippen molar-refractivity contribution in [1.82, 2.24) is 0 Å². The average Bonchev–Trinajstić information content (AvgIpc) is 2.81. The highest BCUT2D eigenvalue weighted by Crippen LogP contribution is 2.15. The molecule has 0 saturated heterocycles. The highest BCUT2D eigenvalue weighted by molar-refractivity contribution is 6.02. The van der Waals surface area contributed by atoms with Crippen LogP contribution >= 0.6 is 0 Å². The molecule has 1 aromatic carbocycles. The van der Waals surface area contributed by atoms with E-state index in [0.717, 1.165) is 0 Å². The number of amides is 1. The lowest BCUT2D eigenvalue weighted by molar-refractivity contribution is 0.0994. The van der Waals surface area contributed by atoms with E-state index in [9.17, 15) is 9.18 Å². The molecular formula is C13H13FN2O2. The zero-order chi connectivity index (χ0) is 13.0. The summed E-state index contributed by atoms with van der Waals surface area (Å²) < 4.78 is 18.6. The van der Waals surface area contributed by atoms with Crippen LogP contribution in [0.4, 0.5) is 10.1 Å². The SMILES string of the molecule is NCCc1ccc(C(=O)Nc2ccccc2F)o1. The summed E-state index contributed by atoms with van der Waals surface area (Å²) in [6.07, 6.45) is 0.562. The smallest absolute Gasteiger partial charge is 0.291 e. The Labute approximate surface area is 104 Å². The van der Waals surface area contributed by atoms with Gasteiger partial charge in [0.2, 0.25) is 0 Å². The van der Waals surface area contributed by atoms with Gasteiger partial charge in [-0.2, -0.15) is 0 Å². The van der Waals surface area contributed by atoms with Gasteiger partial charge in [-0.1, -0.05) is 12.1 Å². The summed E-state index contributed by atoms with van der Waals surface area (Å²) in [5, 5.41) is 2.44. The second kappa shape index (κ2) is 5.46. The number of nitrogens with one attached hydrogen (secondary N) is 1. The largest absolute Gasteiger partial charge is 0.456 e. The van der Waals surface area contributed by atoms with Gasteiger partial charge < -0.3 is 15.5 Å². The van der Waals surface area contributed by atoms with E-state index in [4.69, 9.17) is 10.2 Å². The maximum Gasteiger partial charge on any atom is 0.291 e. The normalized spacial score (nSPS) is 10.3. The Kier molecular flexibility index (Phi) is 3.74. The van der Waals surface area contributed by atoms with Gasteiger partial charge in [0.05, 0.1) is 5.69 Å². The molecule has 0 aliphatic heterocycles. The highest BCUT2D eigenvalue weighted by atomic mass is 19.1. The minimum Gasteiger partial charge on any atom is -0.456 e. The molecule has 0 saturated carbocycles. The summed E-state index contributed by atoms with van der Waals surface area (Å²) in [6, 6.07) is 9.18. The number of rotatable bonds is 4. The molecule has 0 atom stereocenters. The fraction of sp³-hybridized carbons (Fsp3) is 0.154. The number of carbonyl (C=O) groups excluding carboxylic acids is 1. The minimum atomic E-state index is -0.486. The van der Waals surface area contributed by atoms with Crippen molar-refractivity contribution in [2.75, 3.05) is 11.9 Å². The molecule has 1 heterocycles. The van der Waals surface area contributed by atoms with Gasteiger partial charge in [0.1, 0.15) is 11.6 Å². The van der Waals surface area contributed by atoms with Gasteiger partial charge in [0, 0.05) is 6.42 Å². The molecule has 1 aromatic heterocycles. The van der Waals surface area contributed by atoms with Crippen molar-refractivity contribution in [1.29, 1.82) is 0 Å². The third kappa shape index (κ3) is 2.75. The number of furan rings is 1. The van der Waals surface area contributed by atoms with Crippen molar-refractivity contribution in [3.63, 3.8) is 0 Å². The quantitative estimate of drug-likeness (QED) is 0.871. The number of anilines is 1. The molecule has 2 rings (SSSR count). The molecule has 2 aromatic rings. The zero-order valence-corrected chi connectivity index (χ0v) is 9.65. The van der Waals surface area contributed by atoms with Gasteiger partial charge in [-0.3, -0.25) is 4.79 Å². The number of halogens is 1. The predicted molar refractivity (Wildman–Crippen MR) is 65.8 cm³/mol. The average molecular weight is 248 g/mol. The van der Waals surface area contributed by atoms with Gasteiger partial charge in [-0.25, -0.2) is 4.39 Å². The molecule has 0 aliphatic rings. The fourth-order valence-corrected chi connectivity index (χ4v) is 1.52. The van der Waals surface area contributed by atoms with Gasteiger partial charge >= 0.3 is 0 Å².